The predicted octanol–water partition coefficient (Wildman–Crippen LogP) is 5.18. The average molecular weight is 450 g/mol. The summed E-state index contributed by atoms with van der Waals surface area (Å²) in [4.78, 5) is 16.8. The van der Waals surface area contributed by atoms with Gasteiger partial charge >= 0.3 is 6.18 Å². The van der Waals surface area contributed by atoms with Gasteiger partial charge < -0.3 is 14.9 Å². The van der Waals surface area contributed by atoms with Crippen LogP contribution in [0.5, 0.6) is 0 Å². The van der Waals surface area contributed by atoms with Gasteiger partial charge in [0, 0.05) is 53.4 Å². The number of benzene rings is 2. The first-order chi connectivity index (χ1) is 15.0. The van der Waals surface area contributed by atoms with Crippen LogP contribution in [0.15, 0.2) is 42.7 Å². The minimum Gasteiger partial charge on any atom is -0.359 e. The summed E-state index contributed by atoms with van der Waals surface area (Å²) in [6.07, 6.45) is -1.35. The summed E-state index contributed by atoms with van der Waals surface area (Å²) >= 11 is 0. The number of hydrogen-bond donors (Lipinski definition) is 2. The summed E-state index contributed by atoms with van der Waals surface area (Å²) in [5.74, 6) is -1.69. The van der Waals surface area contributed by atoms with Gasteiger partial charge in [-0.2, -0.15) is 13.2 Å². The number of aromatic amines is 1. The molecule has 0 saturated heterocycles. The Hall–Kier alpha value is -3.40. The van der Waals surface area contributed by atoms with Crippen molar-refractivity contribution in [2.75, 3.05) is 18.9 Å². The van der Waals surface area contributed by atoms with Gasteiger partial charge in [0.2, 0.25) is 0 Å². The molecule has 168 valence electrons. The lowest BCUT2D eigenvalue weighted by Gasteiger charge is -2.19. The highest BCUT2D eigenvalue weighted by molar-refractivity contribution is 6.15. The number of nitrogens with one attached hydrogen (secondary N) is 2. The molecule has 0 unspecified atom stereocenters. The van der Waals surface area contributed by atoms with Crippen LogP contribution >= 0.6 is 0 Å². The zero-order valence-electron chi connectivity index (χ0n) is 17.1. The Balaban J connectivity index is 1.64. The summed E-state index contributed by atoms with van der Waals surface area (Å²) in [6.45, 7) is -1.41. The van der Waals surface area contributed by atoms with E-state index in [1.54, 1.807) is 17.7 Å². The van der Waals surface area contributed by atoms with Gasteiger partial charge in [-0.25, -0.2) is 8.78 Å². The molecule has 2 heterocycles. The number of nitrogens with zero attached hydrogens (tertiary/aromatic N) is 2. The molecule has 0 aliphatic rings. The zero-order valence-corrected chi connectivity index (χ0v) is 17.1. The van der Waals surface area contributed by atoms with E-state index in [4.69, 9.17) is 0 Å². The van der Waals surface area contributed by atoms with Gasteiger partial charge in [-0.05, 0) is 37.4 Å². The summed E-state index contributed by atoms with van der Waals surface area (Å²) in [7, 11) is 2.91. The van der Waals surface area contributed by atoms with Gasteiger partial charge in [-0.15, -0.1) is 0 Å². The molecule has 2 aromatic heterocycles. The van der Waals surface area contributed by atoms with Crippen LogP contribution in [0.25, 0.3) is 21.8 Å². The first-order valence-corrected chi connectivity index (χ1v) is 9.62. The molecule has 0 aliphatic heterocycles. The van der Waals surface area contributed by atoms with Crippen LogP contribution in [0, 0.1) is 11.6 Å². The fraction of sp³-hybridized carbons (Fsp3) is 0.227. The molecule has 0 spiro atoms. The van der Waals surface area contributed by atoms with Crippen molar-refractivity contribution in [3.8, 4) is 0 Å². The Kier molecular flexibility index (Phi) is 5.41. The lowest BCUT2D eigenvalue weighted by Crippen LogP contribution is -2.30. The fourth-order valence-corrected chi connectivity index (χ4v) is 3.79. The first-order valence-electron chi connectivity index (χ1n) is 9.62. The number of aryl methyl sites for hydroxylation is 1. The lowest BCUT2D eigenvalue weighted by atomic mass is 10.1. The second kappa shape index (κ2) is 7.94. The molecule has 4 rings (SSSR count). The molecule has 32 heavy (non-hydrogen) atoms. The van der Waals surface area contributed by atoms with E-state index in [0.29, 0.717) is 27.5 Å². The molecule has 0 bridgehead atoms. The quantitative estimate of drug-likeness (QED) is 0.412. The van der Waals surface area contributed by atoms with Crippen molar-refractivity contribution in [3.63, 3.8) is 0 Å². The maximum absolute atomic E-state index is 14.7. The van der Waals surface area contributed by atoms with Crippen molar-refractivity contribution in [2.45, 2.75) is 12.7 Å². The topological polar surface area (TPSA) is 53.1 Å². The van der Waals surface area contributed by atoms with Gasteiger partial charge in [0.05, 0.1) is 17.8 Å². The molecule has 10 heteroatoms. The number of aromatic nitrogens is 2. The van der Waals surface area contributed by atoms with Crippen LogP contribution in [0.3, 0.4) is 0 Å². The number of H-pyrrole nitrogens is 1. The van der Waals surface area contributed by atoms with Crippen LogP contribution in [0.4, 0.5) is 27.6 Å². The molecule has 0 saturated carbocycles. The molecular weight excluding hydrogens is 431 g/mol. The van der Waals surface area contributed by atoms with E-state index in [-0.39, 0.29) is 17.7 Å². The molecule has 1 amide bonds. The lowest BCUT2D eigenvalue weighted by molar-refractivity contribution is -0.144. The van der Waals surface area contributed by atoms with Crippen LogP contribution in [0.1, 0.15) is 15.9 Å². The van der Waals surface area contributed by atoms with Crippen molar-refractivity contribution < 1.29 is 26.7 Å². The molecule has 0 atom stereocenters. The molecule has 5 nitrogen and oxygen atoms in total. The molecular formula is C22H19F5N4O. The van der Waals surface area contributed by atoms with Crippen molar-refractivity contribution >= 4 is 33.4 Å². The number of hydrogen-bond acceptors (Lipinski definition) is 2. The normalized spacial score (nSPS) is 12.2. The standard InChI is InChI=1S/C22H19F5N4O/c1-30(11-22(25,26)27)9-12-5-20-14(7-17(12)24)16(10-31(20)2)21(32)29-19-8-28-18-4-3-13(23)6-15(18)19/h3-8,10,28H,9,11H2,1-2H3,(H,29,32). The van der Waals surface area contributed by atoms with Gasteiger partial charge in [0.1, 0.15) is 11.6 Å². The van der Waals surface area contributed by atoms with Gasteiger partial charge in [-0.1, -0.05) is 0 Å². The van der Waals surface area contributed by atoms with E-state index in [9.17, 15) is 26.7 Å². The number of anilines is 1. The molecule has 2 N–H and O–H groups in total. The van der Waals surface area contributed by atoms with E-state index in [0.717, 1.165) is 11.0 Å². The highest BCUT2D eigenvalue weighted by Gasteiger charge is 2.29. The maximum atomic E-state index is 14.7. The van der Waals surface area contributed by atoms with Crippen molar-refractivity contribution in [1.29, 1.82) is 0 Å². The summed E-state index contributed by atoms with van der Waals surface area (Å²) in [5, 5.41) is 3.50. The first kappa shape index (κ1) is 21.8. The highest BCUT2D eigenvalue weighted by atomic mass is 19.4. The Morgan fingerprint density at radius 1 is 1.16 bits per heavy atom. The summed E-state index contributed by atoms with van der Waals surface area (Å²) in [6, 6.07) is 6.71. The predicted molar refractivity (Wildman–Crippen MR) is 111 cm³/mol. The zero-order chi connectivity index (χ0) is 23.2. The third-order valence-electron chi connectivity index (χ3n) is 5.18. The highest BCUT2D eigenvalue weighted by Crippen LogP contribution is 2.28. The summed E-state index contributed by atoms with van der Waals surface area (Å²) in [5.41, 5.74) is 1.77. The van der Waals surface area contributed by atoms with E-state index in [1.165, 1.54) is 37.6 Å². The fourth-order valence-electron chi connectivity index (χ4n) is 3.79. The third kappa shape index (κ3) is 4.31. The largest absolute Gasteiger partial charge is 0.401 e. The Morgan fingerprint density at radius 3 is 2.62 bits per heavy atom. The smallest absolute Gasteiger partial charge is 0.359 e. The Morgan fingerprint density at radius 2 is 1.91 bits per heavy atom. The monoisotopic (exact) mass is 450 g/mol. The molecule has 0 fully saturated rings. The third-order valence-corrected chi connectivity index (χ3v) is 5.18. The number of rotatable bonds is 5. The van der Waals surface area contributed by atoms with Crippen LogP contribution < -0.4 is 5.32 Å². The maximum Gasteiger partial charge on any atom is 0.401 e. The molecule has 0 radical (unpaired) electrons. The number of alkyl halides is 3. The number of carbonyl (C=O) groups is 1. The second-order valence-corrected chi connectivity index (χ2v) is 7.75. The van der Waals surface area contributed by atoms with E-state index < -0.39 is 30.3 Å². The van der Waals surface area contributed by atoms with Gasteiger partial charge in [0.25, 0.3) is 5.91 Å². The number of fused-ring (bicyclic) bond motifs is 2. The van der Waals surface area contributed by atoms with Crippen LogP contribution in [-0.4, -0.2) is 40.1 Å². The number of halogens is 5. The van der Waals surface area contributed by atoms with E-state index in [2.05, 4.69) is 10.3 Å². The van der Waals surface area contributed by atoms with Gasteiger partial charge in [0.15, 0.2) is 0 Å². The van der Waals surface area contributed by atoms with Crippen molar-refractivity contribution in [2.24, 2.45) is 7.05 Å². The SMILES string of the molecule is CN(Cc1cc2c(cc1F)c(C(=O)Nc1c[nH]c3ccc(F)cc13)cn2C)CC(F)(F)F. The molecule has 0 aliphatic carbocycles. The Labute approximate surface area is 179 Å². The Bertz CT molecular complexity index is 1320. The number of carbonyl (C=O) groups excluding carboxylic acids is 1. The van der Waals surface area contributed by atoms with Crippen LogP contribution in [0.2, 0.25) is 0 Å². The molecule has 2 aromatic carbocycles. The van der Waals surface area contributed by atoms with E-state index in [1.807, 2.05) is 0 Å². The van der Waals surface area contributed by atoms with Crippen LogP contribution in [-0.2, 0) is 13.6 Å². The van der Waals surface area contributed by atoms with E-state index >= 15 is 0 Å². The average Bonchev–Trinajstić information content (AvgIpc) is 3.21. The van der Waals surface area contributed by atoms with Crippen molar-refractivity contribution in [3.05, 3.63) is 65.5 Å². The molecule has 4 aromatic rings. The summed E-state index contributed by atoms with van der Waals surface area (Å²) < 4.78 is 67.7. The minimum atomic E-state index is -4.39. The second-order valence-electron chi connectivity index (χ2n) is 7.75. The minimum absolute atomic E-state index is 0.0875. The van der Waals surface area contributed by atoms with Gasteiger partial charge in [-0.3, -0.25) is 9.69 Å². The number of amides is 1. The van der Waals surface area contributed by atoms with Crippen molar-refractivity contribution in [1.82, 2.24) is 14.5 Å².